The van der Waals surface area contributed by atoms with Crippen LogP contribution in [-0.4, -0.2) is 34.3 Å². The van der Waals surface area contributed by atoms with Crippen LogP contribution in [0.2, 0.25) is 0 Å². The van der Waals surface area contributed by atoms with E-state index in [-0.39, 0.29) is 24.0 Å². The third kappa shape index (κ3) is 7.34. The molecule has 31 heavy (non-hydrogen) atoms. The van der Waals surface area contributed by atoms with Crippen molar-refractivity contribution in [2.75, 3.05) is 13.1 Å². The van der Waals surface area contributed by atoms with Gasteiger partial charge in [-0.3, -0.25) is 0 Å². The van der Waals surface area contributed by atoms with Crippen LogP contribution in [0.25, 0.3) is 11.5 Å². The van der Waals surface area contributed by atoms with Crippen LogP contribution in [0.15, 0.2) is 44.4 Å². The van der Waals surface area contributed by atoms with E-state index in [0.717, 1.165) is 54.7 Å². The fourth-order valence-corrected chi connectivity index (χ4v) is 2.83. The Bertz CT molecular complexity index is 949. The van der Waals surface area contributed by atoms with Crippen molar-refractivity contribution in [3.8, 4) is 11.5 Å². The number of nitrogens with zero attached hydrogens (tertiary/aromatic N) is 4. The van der Waals surface area contributed by atoms with Crippen LogP contribution in [0.1, 0.15) is 56.5 Å². The Balaban J connectivity index is 0.00000341. The molecule has 2 N–H and O–H groups in total. The summed E-state index contributed by atoms with van der Waals surface area (Å²) in [6.07, 6.45) is 1.63. The van der Waals surface area contributed by atoms with Gasteiger partial charge in [0.2, 0.25) is 0 Å². The molecule has 0 amide bonds. The summed E-state index contributed by atoms with van der Waals surface area (Å²) in [5.41, 5.74) is 3.10. The number of aliphatic imine (C=N–C) groups is 1. The first-order valence-corrected chi connectivity index (χ1v) is 10.5. The zero-order chi connectivity index (χ0) is 21.3. The minimum absolute atomic E-state index is 0. The van der Waals surface area contributed by atoms with Crippen LogP contribution >= 0.6 is 24.0 Å². The van der Waals surface area contributed by atoms with Gasteiger partial charge >= 0.3 is 0 Å². The van der Waals surface area contributed by atoms with Crippen LogP contribution in [-0.2, 0) is 19.4 Å². The number of rotatable bonds is 9. The molecule has 0 atom stereocenters. The topological polar surface area (TPSA) is 101 Å². The molecule has 8 nitrogen and oxygen atoms in total. The van der Waals surface area contributed by atoms with E-state index in [1.165, 1.54) is 5.56 Å². The van der Waals surface area contributed by atoms with Crippen molar-refractivity contribution >= 4 is 29.9 Å². The van der Waals surface area contributed by atoms with Crippen molar-refractivity contribution < 1.29 is 9.05 Å². The monoisotopic (exact) mass is 538 g/mol. The van der Waals surface area contributed by atoms with Crippen LogP contribution in [0.5, 0.6) is 0 Å². The summed E-state index contributed by atoms with van der Waals surface area (Å²) in [6.45, 7) is 10.2. The highest BCUT2D eigenvalue weighted by Gasteiger charge is 2.09. The molecule has 2 aromatic heterocycles. The third-order valence-electron chi connectivity index (χ3n) is 4.60. The zero-order valence-corrected chi connectivity index (χ0v) is 20.8. The first kappa shape index (κ1) is 24.8. The van der Waals surface area contributed by atoms with E-state index < -0.39 is 0 Å². The molecule has 0 bridgehead atoms. The van der Waals surface area contributed by atoms with Gasteiger partial charge in [-0.05, 0) is 37.0 Å². The smallest absolute Gasteiger partial charge is 0.257 e. The van der Waals surface area contributed by atoms with Gasteiger partial charge in [0.05, 0.1) is 5.69 Å². The third-order valence-corrected chi connectivity index (χ3v) is 4.60. The molecule has 3 rings (SSSR count). The SMILES string of the molecule is CCNC(=NCc1cc(C(C)C)no1)NCCc1ccc(-c2nc(CC)no2)cc1.I. The van der Waals surface area contributed by atoms with E-state index in [4.69, 9.17) is 9.05 Å². The molecule has 0 unspecified atom stereocenters. The van der Waals surface area contributed by atoms with E-state index in [0.29, 0.717) is 18.4 Å². The summed E-state index contributed by atoms with van der Waals surface area (Å²) in [7, 11) is 0. The Morgan fingerprint density at radius 2 is 1.84 bits per heavy atom. The number of guanidine groups is 1. The maximum Gasteiger partial charge on any atom is 0.257 e. The molecule has 0 radical (unpaired) electrons. The Kier molecular flexibility index (Phi) is 9.96. The molecule has 0 fully saturated rings. The van der Waals surface area contributed by atoms with Gasteiger partial charge in [0.1, 0.15) is 6.54 Å². The van der Waals surface area contributed by atoms with Gasteiger partial charge in [-0.15, -0.1) is 24.0 Å². The molecule has 0 saturated carbocycles. The fraction of sp³-hybridized carbons (Fsp3) is 0.455. The Hall–Kier alpha value is -2.43. The van der Waals surface area contributed by atoms with Crippen LogP contribution in [0.3, 0.4) is 0 Å². The average Bonchev–Trinajstić information content (AvgIpc) is 3.42. The summed E-state index contributed by atoms with van der Waals surface area (Å²) in [5, 5.41) is 14.6. The van der Waals surface area contributed by atoms with Gasteiger partial charge in [-0.25, -0.2) is 4.99 Å². The number of hydrogen-bond donors (Lipinski definition) is 2. The summed E-state index contributed by atoms with van der Waals surface area (Å²) in [5.74, 6) is 3.15. The molecule has 0 aliphatic heterocycles. The van der Waals surface area contributed by atoms with Crippen molar-refractivity contribution in [3.05, 3.63) is 53.2 Å². The van der Waals surface area contributed by atoms with E-state index in [9.17, 15) is 0 Å². The normalized spacial score (nSPS) is 11.5. The molecular formula is C22H31IN6O2. The molecule has 0 aliphatic rings. The van der Waals surface area contributed by atoms with E-state index >= 15 is 0 Å². The molecule has 9 heteroatoms. The Morgan fingerprint density at radius 1 is 1.06 bits per heavy atom. The van der Waals surface area contributed by atoms with Gasteiger partial charge < -0.3 is 19.7 Å². The number of hydrogen-bond acceptors (Lipinski definition) is 6. The minimum atomic E-state index is 0. The molecule has 0 spiro atoms. The van der Waals surface area contributed by atoms with Crippen molar-refractivity contribution in [1.29, 1.82) is 0 Å². The number of benzene rings is 1. The lowest BCUT2D eigenvalue weighted by Gasteiger charge is -2.11. The first-order chi connectivity index (χ1) is 14.6. The maximum absolute atomic E-state index is 5.35. The lowest BCUT2D eigenvalue weighted by atomic mass is 10.1. The quantitative estimate of drug-likeness (QED) is 0.238. The predicted molar refractivity (Wildman–Crippen MR) is 132 cm³/mol. The van der Waals surface area contributed by atoms with Gasteiger partial charge in [0, 0.05) is 31.1 Å². The van der Waals surface area contributed by atoms with Crippen molar-refractivity contribution in [3.63, 3.8) is 0 Å². The lowest BCUT2D eigenvalue weighted by molar-refractivity contribution is 0.376. The van der Waals surface area contributed by atoms with Crippen molar-refractivity contribution in [2.45, 2.75) is 53.0 Å². The second kappa shape index (κ2) is 12.4. The molecule has 1 aromatic carbocycles. The Labute approximate surface area is 200 Å². The van der Waals surface area contributed by atoms with Gasteiger partial charge in [0.15, 0.2) is 17.5 Å². The Morgan fingerprint density at radius 3 is 2.45 bits per heavy atom. The van der Waals surface area contributed by atoms with Gasteiger partial charge in [-0.2, -0.15) is 4.98 Å². The molecule has 3 aromatic rings. The molecule has 168 valence electrons. The largest absolute Gasteiger partial charge is 0.359 e. The highest BCUT2D eigenvalue weighted by atomic mass is 127. The maximum atomic E-state index is 5.35. The summed E-state index contributed by atoms with van der Waals surface area (Å²) in [6, 6.07) is 10.2. The molecule has 0 saturated heterocycles. The van der Waals surface area contributed by atoms with Gasteiger partial charge in [-0.1, -0.05) is 43.2 Å². The van der Waals surface area contributed by atoms with Crippen molar-refractivity contribution in [2.24, 2.45) is 4.99 Å². The standard InChI is InChI=1S/C22H30N6O2.HI/c1-5-20-26-21(30-28-20)17-9-7-16(8-10-17)11-12-24-22(23-6-2)25-14-18-13-19(15(3)4)27-29-18;/h7-10,13,15H,5-6,11-12,14H2,1-4H3,(H2,23,24,25);1H. The second-order valence-electron chi connectivity index (χ2n) is 7.31. The fourth-order valence-electron chi connectivity index (χ4n) is 2.83. The average molecular weight is 538 g/mol. The second-order valence-corrected chi connectivity index (χ2v) is 7.31. The van der Waals surface area contributed by atoms with Crippen LogP contribution in [0.4, 0.5) is 0 Å². The molecular weight excluding hydrogens is 507 g/mol. The summed E-state index contributed by atoms with van der Waals surface area (Å²) >= 11 is 0. The number of aromatic nitrogens is 3. The number of nitrogens with one attached hydrogen (secondary N) is 2. The minimum Gasteiger partial charge on any atom is -0.359 e. The van der Waals surface area contributed by atoms with Crippen LogP contribution in [0, 0.1) is 0 Å². The van der Waals surface area contributed by atoms with E-state index in [1.807, 2.05) is 32.0 Å². The predicted octanol–water partition coefficient (Wildman–Crippen LogP) is 4.33. The highest BCUT2D eigenvalue weighted by Crippen LogP contribution is 2.18. The highest BCUT2D eigenvalue weighted by molar-refractivity contribution is 14.0. The molecule has 2 heterocycles. The van der Waals surface area contributed by atoms with Crippen molar-refractivity contribution in [1.82, 2.24) is 25.9 Å². The zero-order valence-electron chi connectivity index (χ0n) is 18.5. The van der Waals surface area contributed by atoms with Gasteiger partial charge in [0.25, 0.3) is 5.89 Å². The summed E-state index contributed by atoms with van der Waals surface area (Å²) in [4.78, 5) is 8.95. The van der Waals surface area contributed by atoms with Crippen LogP contribution < -0.4 is 10.6 Å². The lowest BCUT2D eigenvalue weighted by Crippen LogP contribution is -2.38. The summed E-state index contributed by atoms with van der Waals surface area (Å²) < 4.78 is 10.6. The number of halogens is 1. The number of aryl methyl sites for hydroxylation is 1. The van der Waals surface area contributed by atoms with E-state index in [1.54, 1.807) is 0 Å². The van der Waals surface area contributed by atoms with E-state index in [2.05, 4.69) is 56.9 Å². The molecule has 0 aliphatic carbocycles. The first-order valence-electron chi connectivity index (χ1n) is 10.5.